The van der Waals surface area contributed by atoms with Crippen LogP contribution in [0.5, 0.6) is 5.75 Å². The van der Waals surface area contributed by atoms with E-state index in [1.807, 2.05) is 18.2 Å². The van der Waals surface area contributed by atoms with E-state index in [-0.39, 0.29) is 5.97 Å². The summed E-state index contributed by atoms with van der Waals surface area (Å²) in [4.78, 5) is 41.7. The second-order valence-corrected chi connectivity index (χ2v) is 5.94. The average molecular weight is 312 g/mol. The van der Waals surface area contributed by atoms with Gasteiger partial charge in [0.2, 0.25) is 0 Å². The van der Waals surface area contributed by atoms with Gasteiger partial charge in [0.05, 0.1) is 6.42 Å². The Balaban J connectivity index is 0.000000192. The molecule has 0 amide bonds. The standard InChI is InChI=1S/C8H6O2.H4O7P2/c9-8-5-6-3-1-2-4-7(6)10-8;1-8(2,3)7-9(4,5)6/h1-4H,5H2;(H2,1,2,3)(H2,4,5,6). The molecule has 0 aliphatic carbocycles. The second kappa shape index (κ2) is 5.94. The Morgan fingerprint density at radius 3 is 2.00 bits per heavy atom. The van der Waals surface area contributed by atoms with Crippen LogP contribution in [0.4, 0.5) is 0 Å². The maximum atomic E-state index is 10.7. The first-order valence-corrected chi connectivity index (χ1v) is 7.74. The minimum atomic E-state index is -5.05. The van der Waals surface area contributed by atoms with Gasteiger partial charge in [-0.1, -0.05) is 18.2 Å². The molecule has 1 aliphatic heterocycles. The quantitative estimate of drug-likeness (QED) is 0.344. The van der Waals surface area contributed by atoms with Crippen LogP contribution in [0, 0.1) is 0 Å². The number of hydrogen-bond donors (Lipinski definition) is 4. The number of rotatable bonds is 2. The summed E-state index contributed by atoms with van der Waals surface area (Å²) < 4.78 is 27.1. The van der Waals surface area contributed by atoms with Gasteiger partial charge < -0.3 is 24.3 Å². The first-order chi connectivity index (χ1) is 8.57. The molecular weight excluding hydrogens is 302 g/mol. The second-order valence-electron chi connectivity index (χ2n) is 3.32. The summed E-state index contributed by atoms with van der Waals surface area (Å²) in [5, 5.41) is 0. The molecule has 0 bridgehead atoms. The molecule has 0 atom stereocenters. The molecule has 0 radical (unpaired) electrons. The van der Waals surface area contributed by atoms with E-state index in [0.717, 1.165) is 5.56 Å². The van der Waals surface area contributed by atoms with Gasteiger partial charge in [-0.25, -0.2) is 9.13 Å². The molecule has 11 heteroatoms. The number of hydrogen-bond acceptors (Lipinski definition) is 5. The molecule has 19 heavy (non-hydrogen) atoms. The van der Waals surface area contributed by atoms with Crippen molar-refractivity contribution in [1.82, 2.24) is 0 Å². The fourth-order valence-electron chi connectivity index (χ4n) is 1.20. The zero-order valence-corrected chi connectivity index (χ0v) is 11.0. The Hall–Kier alpha value is -1.05. The molecule has 2 rings (SSSR count). The van der Waals surface area contributed by atoms with Crippen LogP contribution in [0.15, 0.2) is 24.3 Å². The van der Waals surface area contributed by atoms with Crippen LogP contribution in [0.1, 0.15) is 5.56 Å². The van der Waals surface area contributed by atoms with Gasteiger partial charge in [-0.15, -0.1) is 0 Å². The number of carbonyl (C=O) groups is 1. The molecular formula is C8H10O9P2. The van der Waals surface area contributed by atoms with Crippen molar-refractivity contribution >= 4 is 21.6 Å². The number of carbonyl (C=O) groups excluding carboxylic acids is 1. The third-order valence-electron chi connectivity index (χ3n) is 1.74. The van der Waals surface area contributed by atoms with E-state index in [4.69, 9.17) is 24.3 Å². The third kappa shape index (κ3) is 6.60. The molecule has 0 unspecified atom stereocenters. The lowest BCUT2D eigenvalue weighted by Crippen LogP contribution is -1.99. The van der Waals surface area contributed by atoms with Crippen LogP contribution in [0.3, 0.4) is 0 Å². The predicted molar refractivity (Wildman–Crippen MR) is 61.0 cm³/mol. The Bertz CT molecular complexity index is 510. The summed E-state index contributed by atoms with van der Waals surface area (Å²) in [7, 11) is -10.1. The molecule has 9 nitrogen and oxygen atoms in total. The summed E-state index contributed by atoms with van der Waals surface area (Å²) >= 11 is 0. The third-order valence-corrected chi connectivity index (χ3v) is 3.45. The molecule has 0 spiro atoms. The van der Waals surface area contributed by atoms with Crippen LogP contribution < -0.4 is 4.74 Å². The van der Waals surface area contributed by atoms with E-state index in [9.17, 15) is 13.9 Å². The smallest absolute Gasteiger partial charge is 0.426 e. The molecule has 106 valence electrons. The van der Waals surface area contributed by atoms with Crippen LogP contribution >= 0.6 is 15.6 Å². The van der Waals surface area contributed by atoms with Crippen LogP contribution in [-0.4, -0.2) is 25.5 Å². The van der Waals surface area contributed by atoms with Gasteiger partial charge in [0.25, 0.3) is 0 Å². The molecule has 0 aromatic heterocycles. The van der Waals surface area contributed by atoms with E-state index >= 15 is 0 Å². The highest BCUT2D eigenvalue weighted by Crippen LogP contribution is 2.53. The summed E-state index contributed by atoms with van der Waals surface area (Å²) in [6.45, 7) is 0. The zero-order chi connectivity index (χ0) is 14.7. The van der Waals surface area contributed by atoms with Crippen molar-refractivity contribution in [2.75, 3.05) is 0 Å². The van der Waals surface area contributed by atoms with E-state index in [2.05, 4.69) is 4.31 Å². The molecule has 0 saturated heterocycles. The maximum Gasteiger partial charge on any atom is 0.478 e. The number of ether oxygens (including phenoxy) is 1. The van der Waals surface area contributed by atoms with E-state index in [1.54, 1.807) is 6.07 Å². The Kier molecular flexibility index (Phi) is 5.00. The van der Waals surface area contributed by atoms with Crippen molar-refractivity contribution in [3.8, 4) is 5.75 Å². The molecule has 0 saturated carbocycles. The Morgan fingerprint density at radius 2 is 1.58 bits per heavy atom. The average Bonchev–Trinajstić information content (AvgIpc) is 2.52. The Labute approximate surface area is 107 Å². The summed E-state index contributed by atoms with van der Waals surface area (Å²) in [6, 6.07) is 7.47. The fraction of sp³-hybridized carbons (Fsp3) is 0.125. The van der Waals surface area contributed by atoms with Gasteiger partial charge in [0, 0.05) is 5.56 Å². The van der Waals surface area contributed by atoms with Crippen molar-refractivity contribution in [3.05, 3.63) is 29.8 Å². The lowest BCUT2D eigenvalue weighted by atomic mass is 10.2. The van der Waals surface area contributed by atoms with Gasteiger partial charge in [0.1, 0.15) is 5.75 Å². The maximum absolute atomic E-state index is 10.7. The number of esters is 1. The number of para-hydroxylation sites is 1. The van der Waals surface area contributed by atoms with Crippen molar-refractivity contribution in [2.24, 2.45) is 0 Å². The molecule has 1 heterocycles. The van der Waals surface area contributed by atoms with Crippen molar-refractivity contribution in [3.63, 3.8) is 0 Å². The minimum absolute atomic E-state index is 0.152. The molecule has 1 aromatic carbocycles. The predicted octanol–water partition coefficient (Wildman–Crippen LogP) is 0.336. The van der Waals surface area contributed by atoms with Gasteiger partial charge in [-0.05, 0) is 6.07 Å². The monoisotopic (exact) mass is 312 g/mol. The van der Waals surface area contributed by atoms with Crippen LogP contribution in [0.25, 0.3) is 0 Å². The number of benzene rings is 1. The van der Waals surface area contributed by atoms with Crippen LogP contribution in [-0.2, 0) is 24.7 Å². The lowest BCUT2D eigenvalue weighted by molar-refractivity contribution is -0.131. The number of fused-ring (bicyclic) bond motifs is 1. The largest absolute Gasteiger partial charge is 0.478 e. The highest BCUT2D eigenvalue weighted by atomic mass is 31.3. The summed E-state index contributed by atoms with van der Waals surface area (Å²) in [5.74, 6) is 0.564. The highest BCUT2D eigenvalue weighted by molar-refractivity contribution is 7.60. The Morgan fingerprint density at radius 1 is 1.05 bits per heavy atom. The van der Waals surface area contributed by atoms with Crippen molar-refractivity contribution in [1.29, 1.82) is 0 Å². The van der Waals surface area contributed by atoms with Crippen molar-refractivity contribution < 1.29 is 42.5 Å². The van der Waals surface area contributed by atoms with Gasteiger partial charge in [-0.3, -0.25) is 4.79 Å². The van der Waals surface area contributed by atoms with Gasteiger partial charge >= 0.3 is 21.6 Å². The summed E-state index contributed by atoms with van der Waals surface area (Å²) in [5.41, 5.74) is 0.993. The van der Waals surface area contributed by atoms with Crippen LogP contribution in [0.2, 0.25) is 0 Å². The summed E-state index contributed by atoms with van der Waals surface area (Å²) in [6.07, 6.45) is 0.427. The molecule has 0 fully saturated rings. The zero-order valence-electron chi connectivity index (χ0n) is 9.24. The number of phosphoric acid groups is 2. The normalized spacial score (nSPS) is 14.2. The lowest BCUT2D eigenvalue weighted by Gasteiger charge is -2.03. The first kappa shape index (κ1) is 16.0. The molecule has 1 aliphatic rings. The molecule has 1 aromatic rings. The van der Waals surface area contributed by atoms with Gasteiger partial charge in [0.15, 0.2) is 0 Å². The topological polar surface area (TPSA) is 151 Å². The van der Waals surface area contributed by atoms with E-state index in [1.165, 1.54) is 0 Å². The minimum Gasteiger partial charge on any atom is -0.426 e. The first-order valence-electron chi connectivity index (χ1n) is 4.68. The van der Waals surface area contributed by atoms with Gasteiger partial charge in [-0.2, -0.15) is 4.31 Å². The fourth-order valence-corrected chi connectivity index (χ4v) is 2.31. The van der Waals surface area contributed by atoms with Crippen molar-refractivity contribution in [2.45, 2.75) is 6.42 Å². The molecule has 4 N–H and O–H groups in total. The SMILES string of the molecule is O=C1Cc2ccccc2O1.O=P(O)(O)OP(=O)(O)O. The van der Waals surface area contributed by atoms with E-state index in [0.29, 0.717) is 12.2 Å². The van der Waals surface area contributed by atoms with E-state index < -0.39 is 15.6 Å². The highest BCUT2D eigenvalue weighted by Gasteiger charge is 2.27.